The molecular formula is C75H145NO5. The number of rotatable bonds is 70. The molecule has 0 fully saturated rings. The first-order valence-corrected chi connectivity index (χ1v) is 37.1. The van der Waals surface area contributed by atoms with Crippen LogP contribution in [0.4, 0.5) is 0 Å². The predicted octanol–water partition coefficient (Wildman–Crippen LogP) is 24.1. The number of amides is 1. The molecule has 0 aromatic carbocycles. The van der Waals surface area contributed by atoms with Gasteiger partial charge in [-0.2, -0.15) is 0 Å². The summed E-state index contributed by atoms with van der Waals surface area (Å²) in [6.07, 6.45) is 89.7. The number of esters is 1. The van der Waals surface area contributed by atoms with E-state index >= 15 is 0 Å². The number of unbranched alkanes of at least 4 members (excludes halogenated alkanes) is 55. The number of nitrogens with one attached hydrogen (secondary N) is 1. The van der Waals surface area contributed by atoms with Crippen molar-refractivity contribution in [3.05, 3.63) is 24.3 Å². The van der Waals surface area contributed by atoms with Gasteiger partial charge in [-0.3, -0.25) is 9.59 Å². The fourth-order valence-electron chi connectivity index (χ4n) is 11.8. The van der Waals surface area contributed by atoms with Crippen molar-refractivity contribution in [3.63, 3.8) is 0 Å². The summed E-state index contributed by atoms with van der Waals surface area (Å²) < 4.78 is 5.47. The van der Waals surface area contributed by atoms with Crippen LogP contribution in [-0.2, 0) is 14.3 Å². The molecule has 0 aliphatic carbocycles. The molecule has 0 heterocycles. The van der Waals surface area contributed by atoms with Crippen LogP contribution in [0.3, 0.4) is 0 Å². The third-order valence-electron chi connectivity index (χ3n) is 17.5. The molecule has 0 aromatic heterocycles. The van der Waals surface area contributed by atoms with Crippen LogP contribution in [0, 0.1) is 0 Å². The minimum Gasteiger partial charge on any atom is -0.466 e. The molecule has 0 aliphatic rings. The van der Waals surface area contributed by atoms with Crippen molar-refractivity contribution in [2.45, 2.75) is 431 Å². The first-order valence-electron chi connectivity index (χ1n) is 37.1. The van der Waals surface area contributed by atoms with Crippen LogP contribution in [0.25, 0.3) is 0 Å². The summed E-state index contributed by atoms with van der Waals surface area (Å²) in [5, 5.41) is 23.4. The normalized spacial score (nSPS) is 12.6. The number of aliphatic hydroxyl groups excluding tert-OH is 2. The minimum atomic E-state index is -0.662. The van der Waals surface area contributed by atoms with E-state index in [1.807, 2.05) is 0 Å². The van der Waals surface area contributed by atoms with Gasteiger partial charge >= 0.3 is 5.97 Å². The molecule has 2 atom stereocenters. The van der Waals surface area contributed by atoms with Crippen LogP contribution in [0.1, 0.15) is 418 Å². The van der Waals surface area contributed by atoms with E-state index < -0.39 is 12.1 Å². The molecule has 2 unspecified atom stereocenters. The van der Waals surface area contributed by atoms with Crippen molar-refractivity contribution in [1.82, 2.24) is 5.32 Å². The fraction of sp³-hybridized carbons (Fsp3) is 0.920. The smallest absolute Gasteiger partial charge is 0.305 e. The molecule has 0 rings (SSSR count). The lowest BCUT2D eigenvalue weighted by molar-refractivity contribution is -0.143. The van der Waals surface area contributed by atoms with Gasteiger partial charge in [-0.05, 0) is 70.6 Å². The zero-order valence-corrected chi connectivity index (χ0v) is 55.0. The highest BCUT2D eigenvalue weighted by Crippen LogP contribution is 2.19. The van der Waals surface area contributed by atoms with Gasteiger partial charge in [-0.1, -0.05) is 359 Å². The molecule has 0 spiro atoms. The van der Waals surface area contributed by atoms with Crippen molar-refractivity contribution in [2.24, 2.45) is 0 Å². The Bertz CT molecular complexity index is 1270. The van der Waals surface area contributed by atoms with Crippen molar-refractivity contribution < 1.29 is 24.5 Å². The van der Waals surface area contributed by atoms with E-state index in [4.69, 9.17) is 4.74 Å². The molecule has 0 aromatic rings. The second-order valence-electron chi connectivity index (χ2n) is 25.6. The zero-order chi connectivity index (χ0) is 58.5. The average Bonchev–Trinajstić information content (AvgIpc) is 3.47. The highest BCUT2D eigenvalue weighted by atomic mass is 16.5. The maximum Gasteiger partial charge on any atom is 0.305 e. The number of hydrogen-bond donors (Lipinski definition) is 3. The lowest BCUT2D eigenvalue weighted by Gasteiger charge is -2.22. The molecule has 3 N–H and O–H groups in total. The predicted molar refractivity (Wildman–Crippen MR) is 356 cm³/mol. The topological polar surface area (TPSA) is 95.9 Å². The standard InChI is InChI=1S/C75H145NO5/c1-3-5-7-9-11-13-15-16-17-18-38-41-44-48-51-55-59-63-67-73(78)72(71-77)76-74(79)68-64-60-56-52-49-45-42-39-36-34-32-30-28-26-24-22-20-19-21-23-25-27-29-31-33-35-37-40-43-46-50-54-58-62-66-70-81-75(80)69-65-61-57-53-47-14-12-10-8-6-4-2/h10,12,21,23,72-73,77-78H,3-9,11,13-20,22,24-71H2,1-2H3,(H,76,79)/b12-10-,23-21-. The second kappa shape index (κ2) is 70.8. The Labute approximate surface area is 507 Å². The van der Waals surface area contributed by atoms with Crippen LogP contribution < -0.4 is 5.32 Å². The van der Waals surface area contributed by atoms with E-state index in [0.717, 1.165) is 44.9 Å². The summed E-state index contributed by atoms with van der Waals surface area (Å²) in [6.45, 7) is 4.96. The number of carbonyl (C=O) groups is 2. The first-order chi connectivity index (χ1) is 40.0. The van der Waals surface area contributed by atoms with Gasteiger partial charge in [-0.25, -0.2) is 0 Å². The monoisotopic (exact) mass is 1140 g/mol. The van der Waals surface area contributed by atoms with Crippen LogP contribution in [0.15, 0.2) is 24.3 Å². The van der Waals surface area contributed by atoms with Gasteiger partial charge in [0.25, 0.3) is 0 Å². The van der Waals surface area contributed by atoms with E-state index in [2.05, 4.69) is 43.5 Å². The third kappa shape index (κ3) is 67.3. The number of aliphatic hydroxyl groups is 2. The summed E-state index contributed by atoms with van der Waals surface area (Å²) in [4.78, 5) is 24.5. The number of allylic oxidation sites excluding steroid dienone is 4. The molecule has 6 heteroatoms. The van der Waals surface area contributed by atoms with Gasteiger partial charge < -0.3 is 20.3 Å². The molecule has 0 bridgehead atoms. The maximum absolute atomic E-state index is 12.5. The van der Waals surface area contributed by atoms with Crippen molar-refractivity contribution in [1.29, 1.82) is 0 Å². The van der Waals surface area contributed by atoms with Crippen molar-refractivity contribution in [2.75, 3.05) is 13.2 Å². The quantitative estimate of drug-likeness (QED) is 0.0320. The van der Waals surface area contributed by atoms with Gasteiger partial charge in [-0.15, -0.1) is 0 Å². The Morgan fingerprint density at radius 2 is 0.593 bits per heavy atom. The number of ether oxygens (including phenoxy) is 1. The second-order valence-corrected chi connectivity index (χ2v) is 25.6. The minimum absolute atomic E-state index is 0.00964. The summed E-state index contributed by atoms with van der Waals surface area (Å²) in [5.74, 6) is -0.0175. The largest absolute Gasteiger partial charge is 0.466 e. The molecule has 0 aliphatic heterocycles. The van der Waals surface area contributed by atoms with Gasteiger partial charge in [0.2, 0.25) is 5.91 Å². The van der Waals surface area contributed by atoms with Crippen LogP contribution in [0.5, 0.6) is 0 Å². The van der Waals surface area contributed by atoms with Gasteiger partial charge in [0, 0.05) is 12.8 Å². The SMILES string of the molecule is CCCC/C=C\CCCCCCCC(=O)OCCCCCCCCCCCCCCCC/C=C\CCCCCCCCCCCCCCCCCCCC(=O)NC(CO)C(O)CCCCCCCCCCCCCCCCCCCC. The summed E-state index contributed by atoms with van der Waals surface area (Å²) >= 11 is 0. The Morgan fingerprint density at radius 1 is 0.333 bits per heavy atom. The first kappa shape index (κ1) is 79.3. The maximum atomic E-state index is 12.5. The molecule has 1 amide bonds. The van der Waals surface area contributed by atoms with E-state index in [1.54, 1.807) is 0 Å². The van der Waals surface area contributed by atoms with E-state index in [0.29, 0.717) is 25.9 Å². The molecule has 0 saturated carbocycles. The van der Waals surface area contributed by atoms with Gasteiger partial charge in [0.15, 0.2) is 0 Å². The van der Waals surface area contributed by atoms with Crippen molar-refractivity contribution >= 4 is 11.9 Å². The lowest BCUT2D eigenvalue weighted by atomic mass is 10.0. The lowest BCUT2D eigenvalue weighted by Crippen LogP contribution is -2.45. The Kier molecular flexibility index (Phi) is 69.4. The molecule has 81 heavy (non-hydrogen) atoms. The Balaban J connectivity index is 3.34. The van der Waals surface area contributed by atoms with E-state index in [9.17, 15) is 19.8 Å². The third-order valence-corrected chi connectivity index (χ3v) is 17.5. The Hall–Kier alpha value is -1.66. The molecule has 480 valence electrons. The van der Waals surface area contributed by atoms with Gasteiger partial charge in [0.05, 0.1) is 25.4 Å². The van der Waals surface area contributed by atoms with Crippen molar-refractivity contribution in [3.8, 4) is 0 Å². The molecule has 0 radical (unpaired) electrons. The summed E-state index contributed by atoms with van der Waals surface area (Å²) in [6, 6.07) is -0.539. The van der Waals surface area contributed by atoms with E-state index in [-0.39, 0.29) is 18.5 Å². The van der Waals surface area contributed by atoms with Gasteiger partial charge in [0.1, 0.15) is 0 Å². The van der Waals surface area contributed by atoms with Crippen LogP contribution in [0.2, 0.25) is 0 Å². The molecule has 6 nitrogen and oxygen atoms in total. The highest BCUT2D eigenvalue weighted by molar-refractivity contribution is 5.76. The summed E-state index contributed by atoms with van der Waals surface area (Å²) in [7, 11) is 0. The zero-order valence-electron chi connectivity index (χ0n) is 55.0. The average molecular weight is 1140 g/mol. The van der Waals surface area contributed by atoms with Crippen LogP contribution >= 0.6 is 0 Å². The number of hydrogen-bond acceptors (Lipinski definition) is 5. The highest BCUT2D eigenvalue weighted by Gasteiger charge is 2.20. The Morgan fingerprint density at radius 3 is 0.914 bits per heavy atom. The molecular weight excluding hydrogens is 995 g/mol. The summed E-state index contributed by atoms with van der Waals surface area (Å²) in [5.41, 5.74) is 0. The fourth-order valence-corrected chi connectivity index (χ4v) is 11.8. The molecule has 0 saturated heterocycles. The van der Waals surface area contributed by atoms with Crippen LogP contribution in [-0.4, -0.2) is 47.4 Å². The van der Waals surface area contributed by atoms with E-state index in [1.165, 1.54) is 340 Å². The number of carbonyl (C=O) groups excluding carboxylic acids is 2.